The highest BCUT2D eigenvalue weighted by Crippen LogP contribution is 2.22. The van der Waals surface area contributed by atoms with E-state index in [0.717, 1.165) is 28.5 Å². The standard InChI is InChI=1S/C17H20N2OS/c1-3-14-8-6-7-13(2)17(14)19-15(20)10-12-21-16-9-4-5-11-18-16/h4-9,11H,3,10,12H2,1-2H3,(H,19,20). The first-order valence-electron chi connectivity index (χ1n) is 7.13. The van der Waals surface area contributed by atoms with Crippen molar-refractivity contribution in [1.82, 2.24) is 4.98 Å². The number of carbonyl (C=O) groups excluding carboxylic acids is 1. The van der Waals surface area contributed by atoms with Gasteiger partial charge >= 0.3 is 0 Å². The van der Waals surface area contributed by atoms with E-state index in [1.165, 1.54) is 5.56 Å². The molecule has 0 atom stereocenters. The highest BCUT2D eigenvalue weighted by Gasteiger charge is 2.08. The number of hydrogen-bond acceptors (Lipinski definition) is 3. The molecule has 1 amide bonds. The minimum absolute atomic E-state index is 0.0578. The SMILES string of the molecule is CCc1cccc(C)c1NC(=O)CCSc1ccccn1. The number of nitrogens with one attached hydrogen (secondary N) is 1. The number of aryl methyl sites for hydroxylation is 2. The number of aromatic nitrogens is 1. The molecule has 1 heterocycles. The van der Waals surface area contributed by atoms with Gasteiger partial charge in [0.1, 0.15) is 0 Å². The first kappa shape index (κ1) is 15.6. The van der Waals surface area contributed by atoms with Crippen LogP contribution in [0.2, 0.25) is 0 Å². The second-order valence-electron chi connectivity index (χ2n) is 4.78. The van der Waals surface area contributed by atoms with Crippen molar-refractivity contribution in [3.8, 4) is 0 Å². The monoisotopic (exact) mass is 300 g/mol. The van der Waals surface area contributed by atoms with Crippen LogP contribution in [0.5, 0.6) is 0 Å². The molecule has 0 spiro atoms. The summed E-state index contributed by atoms with van der Waals surface area (Å²) in [4.78, 5) is 16.3. The van der Waals surface area contributed by atoms with Gasteiger partial charge < -0.3 is 5.32 Å². The third-order valence-corrected chi connectivity index (χ3v) is 4.17. The maximum absolute atomic E-state index is 12.1. The van der Waals surface area contributed by atoms with Gasteiger partial charge in [-0.05, 0) is 36.6 Å². The topological polar surface area (TPSA) is 42.0 Å². The Morgan fingerprint density at radius 2 is 2.10 bits per heavy atom. The number of pyridine rings is 1. The van der Waals surface area contributed by atoms with Gasteiger partial charge in [0.2, 0.25) is 5.91 Å². The van der Waals surface area contributed by atoms with Crippen molar-refractivity contribution in [3.05, 3.63) is 53.7 Å². The van der Waals surface area contributed by atoms with Crippen LogP contribution < -0.4 is 5.32 Å². The van der Waals surface area contributed by atoms with Crippen molar-refractivity contribution >= 4 is 23.4 Å². The molecular weight excluding hydrogens is 280 g/mol. The molecule has 2 rings (SSSR count). The molecular formula is C17H20N2OS. The number of carbonyl (C=O) groups is 1. The normalized spacial score (nSPS) is 10.4. The Balaban J connectivity index is 1.88. The van der Waals surface area contributed by atoms with Gasteiger partial charge in [0.25, 0.3) is 0 Å². The molecule has 4 heteroatoms. The zero-order chi connectivity index (χ0) is 15.1. The fraction of sp³-hybridized carbons (Fsp3) is 0.294. The Hall–Kier alpha value is -1.81. The number of benzene rings is 1. The maximum atomic E-state index is 12.1. The Morgan fingerprint density at radius 3 is 2.81 bits per heavy atom. The Labute approximate surface area is 130 Å². The zero-order valence-electron chi connectivity index (χ0n) is 12.4. The summed E-state index contributed by atoms with van der Waals surface area (Å²) in [6.45, 7) is 4.12. The van der Waals surface area contributed by atoms with E-state index in [0.29, 0.717) is 6.42 Å². The van der Waals surface area contributed by atoms with Crippen LogP contribution in [0.25, 0.3) is 0 Å². The lowest BCUT2D eigenvalue weighted by Gasteiger charge is -2.12. The maximum Gasteiger partial charge on any atom is 0.225 e. The van der Waals surface area contributed by atoms with Crippen LogP contribution in [0.3, 0.4) is 0 Å². The summed E-state index contributed by atoms with van der Waals surface area (Å²) in [7, 11) is 0. The molecule has 0 aliphatic heterocycles. The minimum Gasteiger partial charge on any atom is -0.326 e. The van der Waals surface area contributed by atoms with Crippen molar-refractivity contribution < 1.29 is 4.79 Å². The van der Waals surface area contributed by atoms with Gasteiger partial charge in [-0.3, -0.25) is 4.79 Å². The largest absolute Gasteiger partial charge is 0.326 e. The van der Waals surface area contributed by atoms with Crippen LogP contribution in [-0.4, -0.2) is 16.6 Å². The van der Waals surface area contributed by atoms with Crippen LogP contribution in [0.15, 0.2) is 47.6 Å². The Morgan fingerprint density at radius 1 is 1.24 bits per heavy atom. The Bertz CT molecular complexity index is 599. The molecule has 21 heavy (non-hydrogen) atoms. The number of para-hydroxylation sites is 1. The van der Waals surface area contributed by atoms with E-state index >= 15 is 0 Å². The fourth-order valence-corrected chi connectivity index (χ4v) is 2.89. The molecule has 0 aliphatic carbocycles. The predicted octanol–water partition coefficient (Wildman–Crippen LogP) is 4.07. The average Bonchev–Trinajstić information content (AvgIpc) is 2.50. The molecule has 1 N–H and O–H groups in total. The van der Waals surface area contributed by atoms with Crippen LogP contribution in [0.1, 0.15) is 24.5 Å². The first-order valence-corrected chi connectivity index (χ1v) is 8.11. The van der Waals surface area contributed by atoms with Gasteiger partial charge in [-0.1, -0.05) is 31.2 Å². The van der Waals surface area contributed by atoms with Gasteiger partial charge in [-0.15, -0.1) is 11.8 Å². The molecule has 0 saturated heterocycles. The highest BCUT2D eigenvalue weighted by molar-refractivity contribution is 7.99. The first-order chi connectivity index (χ1) is 10.2. The molecule has 0 unspecified atom stereocenters. The smallest absolute Gasteiger partial charge is 0.225 e. The lowest BCUT2D eigenvalue weighted by atomic mass is 10.1. The molecule has 3 nitrogen and oxygen atoms in total. The van der Waals surface area contributed by atoms with Crippen molar-refractivity contribution in [3.63, 3.8) is 0 Å². The number of anilines is 1. The van der Waals surface area contributed by atoms with E-state index in [-0.39, 0.29) is 5.91 Å². The van der Waals surface area contributed by atoms with Gasteiger partial charge in [-0.2, -0.15) is 0 Å². The predicted molar refractivity (Wildman–Crippen MR) is 88.8 cm³/mol. The van der Waals surface area contributed by atoms with E-state index < -0.39 is 0 Å². The van der Waals surface area contributed by atoms with Gasteiger partial charge in [0.15, 0.2) is 0 Å². The minimum atomic E-state index is 0.0578. The summed E-state index contributed by atoms with van der Waals surface area (Å²) in [6.07, 6.45) is 3.17. The fourth-order valence-electron chi connectivity index (χ4n) is 2.08. The van der Waals surface area contributed by atoms with Crippen LogP contribution in [0.4, 0.5) is 5.69 Å². The summed E-state index contributed by atoms with van der Waals surface area (Å²) in [6, 6.07) is 11.9. The third-order valence-electron chi connectivity index (χ3n) is 3.22. The van der Waals surface area contributed by atoms with Gasteiger partial charge in [0.05, 0.1) is 5.03 Å². The second-order valence-corrected chi connectivity index (χ2v) is 5.89. The number of thioether (sulfide) groups is 1. The molecule has 2 aromatic rings. The van der Waals surface area contributed by atoms with Gasteiger partial charge in [-0.25, -0.2) is 4.98 Å². The van der Waals surface area contributed by atoms with Crippen LogP contribution >= 0.6 is 11.8 Å². The molecule has 0 aliphatic rings. The van der Waals surface area contributed by atoms with E-state index in [9.17, 15) is 4.79 Å². The number of hydrogen-bond donors (Lipinski definition) is 1. The molecule has 110 valence electrons. The summed E-state index contributed by atoms with van der Waals surface area (Å²) < 4.78 is 0. The van der Waals surface area contributed by atoms with E-state index in [1.54, 1.807) is 18.0 Å². The molecule has 0 radical (unpaired) electrons. The molecule has 0 saturated carbocycles. The molecule has 0 bridgehead atoms. The second kappa shape index (κ2) is 7.84. The third kappa shape index (κ3) is 4.60. The lowest BCUT2D eigenvalue weighted by molar-refractivity contribution is -0.115. The molecule has 1 aromatic carbocycles. The van der Waals surface area contributed by atoms with E-state index in [1.807, 2.05) is 37.3 Å². The Kier molecular flexibility index (Phi) is 5.81. The van der Waals surface area contributed by atoms with Crippen LogP contribution in [0, 0.1) is 6.92 Å². The summed E-state index contributed by atoms with van der Waals surface area (Å²) in [5.74, 6) is 0.790. The average molecular weight is 300 g/mol. The number of rotatable bonds is 6. The van der Waals surface area contributed by atoms with Gasteiger partial charge in [0, 0.05) is 24.1 Å². The zero-order valence-corrected chi connectivity index (χ0v) is 13.2. The summed E-state index contributed by atoms with van der Waals surface area (Å²) in [5.41, 5.74) is 3.26. The van der Waals surface area contributed by atoms with E-state index in [4.69, 9.17) is 0 Å². The lowest BCUT2D eigenvalue weighted by Crippen LogP contribution is -2.14. The van der Waals surface area contributed by atoms with Crippen molar-refractivity contribution in [2.24, 2.45) is 0 Å². The quantitative estimate of drug-likeness (QED) is 0.818. The highest BCUT2D eigenvalue weighted by atomic mass is 32.2. The summed E-state index contributed by atoms with van der Waals surface area (Å²) in [5, 5.41) is 4.00. The molecule has 0 fully saturated rings. The summed E-state index contributed by atoms with van der Waals surface area (Å²) >= 11 is 1.60. The number of nitrogens with zero attached hydrogens (tertiary/aromatic N) is 1. The van der Waals surface area contributed by atoms with Crippen molar-refractivity contribution in [2.75, 3.05) is 11.1 Å². The molecule has 1 aromatic heterocycles. The van der Waals surface area contributed by atoms with Crippen molar-refractivity contribution in [2.45, 2.75) is 31.7 Å². The van der Waals surface area contributed by atoms with E-state index in [2.05, 4.69) is 23.3 Å². The number of amides is 1. The van der Waals surface area contributed by atoms with Crippen LogP contribution in [-0.2, 0) is 11.2 Å². The van der Waals surface area contributed by atoms with Crippen molar-refractivity contribution in [1.29, 1.82) is 0 Å².